The van der Waals surface area contributed by atoms with Gasteiger partial charge in [0.15, 0.2) is 5.82 Å². The van der Waals surface area contributed by atoms with E-state index in [1.807, 2.05) is 11.8 Å². The number of hydrogen-bond donors (Lipinski definition) is 0. The standard InChI is InChI=1S/C16H27N5O2/c1-3-14-17-16(23-18-14)13(2)20-10-8-19(9-11-20)12-15(22)21-6-4-5-7-21/h13H,3-12H2,1-2H3. The predicted molar refractivity (Wildman–Crippen MR) is 85.9 cm³/mol. The molecule has 2 fully saturated rings. The van der Waals surface area contributed by atoms with Gasteiger partial charge in [0.2, 0.25) is 11.8 Å². The molecule has 0 saturated carbocycles. The number of aromatic nitrogens is 2. The van der Waals surface area contributed by atoms with Crippen molar-refractivity contribution in [1.82, 2.24) is 24.8 Å². The molecule has 0 N–H and O–H groups in total. The first kappa shape index (κ1) is 16.4. The van der Waals surface area contributed by atoms with Crippen LogP contribution in [0.2, 0.25) is 0 Å². The molecule has 7 heteroatoms. The lowest BCUT2D eigenvalue weighted by molar-refractivity contribution is -0.131. The zero-order valence-electron chi connectivity index (χ0n) is 14.2. The largest absolute Gasteiger partial charge is 0.342 e. The van der Waals surface area contributed by atoms with Crippen LogP contribution in [0.25, 0.3) is 0 Å². The molecule has 1 aromatic rings. The van der Waals surface area contributed by atoms with E-state index in [4.69, 9.17) is 4.52 Å². The molecule has 1 atom stereocenters. The van der Waals surface area contributed by atoms with E-state index in [1.165, 1.54) is 0 Å². The summed E-state index contributed by atoms with van der Waals surface area (Å²) in [5.41, 5.74) is 0. The monoisotopic (exact) mass is 321 g/mol. The van der Waals surface area contributed by atoms with Gasteiger partial charge in [-0.15, -0.1) is 0 Å². The van der Waals surface area contributed by atoms with Crippen molar-refractivity contribution < 1.29 is 9.32 Å². The van der Waals surface area contributed by atoms with Crippen molar-refractivity contribution in [2.45, 2.75) is 39.2 Å². The highest BCUT2D eigenvalue weighted by Crippen LogP contribution is 2.20. The van der Waals surface area contributed by atoms with E-state index in [0.29, 0.717) is 12.4 Å². The fourth-order valence-corrected chi connectivity index (χ4v) is 3.30. The van der Waals surface area contributed by atoms with E-state index < -0.39 is 0 Å². The van der Waals surface area contributed by atoms with Crippen LogP contribution in [0.4, 0.5) is 0 Å². The van der Waals surface area contributed by atoms with Gasteiger partial charge in [0.25, 0.3) is 0 Å². The summed E-state index contributed by atoms with van der Waals surface area (Å²) in [5, 5.41) is 3.98. The van der Waals surface area contributed by atoms with E-state index in [-0.39, 0.29) is 11.9 Å². The summed E-state index contributed by atoms with van der Waals surface area (Å²) in [6.07, 6.45) is 3.10. The molecule has 1 aromatic heterocycles. The number of likely N-dealkylation sites (tertiary alicyclic amines) is 1. The highest BCUT2D eigenvalue weighted by atomic mass is 16.5. The summed E-state index contributed by atoms with van der Waals surface area (Å²) >= 11 is 0. The van der Waals surface area contributed by atoms with Crippen molar-refractivity contribution in [3.05, 3.63) is 11.7 Å². The van der Waals surface area contributed by atoms with Gasteiger partial charge in [-0.05, 0) is 19.8 Å². The Bertz CT molecular complexity index is 518. The van der Waals surface area contributed by atoms with Gasteiger partial charge in [-0.2, -0.15) is 4.98 Å². The molecule has 0 spiro atoms. The minimum Gasteiger partial charge on any atom is -0.342 e. The highest BCUT2D eigenvalue weighted by Gasteiger charge is 2.27. The second-order valence-electron chi connectivity index (χ2n) is 6.48. The first-order chi connectivity index (χ1) is 11.2. The van der Waals surface area contributed by atoms with Gasteiger partial charge in [0.1, 0.15) is 0 Å². The van der Waals surface area contributed by atoms with Gasteiger partial charge in [0, 0.05) is 45.7 Å². The zero-order valence-corrected chi connectivity index (χ0v) is 14.2. The minimum atomic E-state index is 0.138. The Morgan fingerprint density at radius 3 is 2.48 bits per heavy atom. The molecule has 2 saturated heterocycles. The Labute approximate surface area is 137 Å². The van der Waals surface area contributed by atoms with Gasteiger partial charge in [-0.25, -0.2) is 0 Å². The van der Waals surface area contributed by atoms with Crippen LogP contribution in [-0.2, 0) is 11.2 Å². The average molecular weight is 321 g/mol. The summed E-state index contributed by atoms with van der Waals surface area (Å²) < 4.78 is 5.35. The molecule has 23 heavy (non-hydrogen) atoms. The number of carbonyl (C=O) groups excluding carboxylic acids is 1. The zero-order chi connectivity index (χ0) is 16.2. The molecule has 2 aliphatic rings. The molecule has 7 nitrogen and oxygen atoms in total. The van der Waals surface area contributed by atoms with Crippen molar-refractivity contribution >= 4 is 5.91 Å². The predicted octanol–water partition coefficient (Wildman–Crippen LogP) is 0.933. The van der Waals surface area contributed by atoms with Crippen LogP contribution in [0.3, 0.4) is 0 Å². The molecule has 1 amide bonds. The number of nitrogens with zero attached hydrogens (tertiary/aromatic N) is 5. The van der Waals surface area contributed by atoms with Crippen molar-refractivity contribution in [3.63, 3.8) is 0 Å². The number of piperazine rings is 1. The highest BCUT2D eigenvalue weighted by molar-refractivity contribution is 5.78. The van der Waals surface area contributed by atoms with Crippen molar-refractivity contribution in [3.8, 4) is 0 Å². The van der Waals surface area contributed by atoms with Crippen molar-refractivity contribution in [2.24, 2.45) is 0 Å². The summed E-state index contributed by atoms with van der Waals surface area (Å²) in [5.74, 6) is 1.75. The maximum atomic E-state index is 12.2. The molecule has 0 aliphatic carbocycles. The number of carbonyl (C=O) groups is 1. The first-order valence-electron chi connectivity index (χ1n) is 8.74. The Hall–Kier alpha value is -1.47. The summed E-state index contributed by atoms with van der Waals surface area (Å²) in [7, 11) is 0. The maximum absolute atomic E-state index is 12.2. The second-order valence-corrected chi connectivity index (χ2v) is 6.48. The van der Waals surface area contributed by atoms with E-state index in [0.717, 1.165) is 64.4 Å². The SMILES string of the molecule is CCc1noc(C(C)N2CCN(CC(=O)N3CCCC3)CC2)n1. The fraction of sp³-hybridized carbons (Fsp3) is 0.812. The van der Waals surface area contributed by atoms with Crippen LogP contribution in [0.15, 0.2) is 4.52 Å². The quantitative estimate of drug-likeness (QED) is 0.804. The normalized spacial score (nSPS) is 21.7. The van der Waals surface area contributed by atoms with Crippen molar-refractivity contribution in [1.29, 1.82) is 0 Å². The van der Waals surface area contributed by atoms with Crippen LogP contribution >= 0.6 is 0 Å². The smallest absolute Gasteiger partial charge is 0.243 e. The minimum absolute atomic E-state index is 0.138. The van der Waals surface area contributed by atoms with Gasteiger partial charge >= 0.3 is 0 Å². The molecule has 128 valence electrons. The Morgan fingerprint density at radius 2 is 1.87 bits per heavy atom. The van der Waals surface area contributed by atoms with Crippen LogP contribution < -0.4 is 0 Å². The molecule has 0 bridgehead atoms. The van der Waals surface area contributed by atoms with Crippen molar-refractivity contribution in [2.75, 3.05) is 45.8 Å². The maximum Gasteiger partial charge on any atom is 0.243 e. The van der Waals surface area contributed by atoms with Crippen LogP contribution in [0.1, 0.15) is 44.4 Å². The summed E-state index contributed by atoms with van der Waals surface area (Å²) in [4.78, 5) is 23.3. The van der Waals surface area contributed by atoms with Gasteiger partial charge in [-0.3, -0.25) is 14.6 Å². The van der Waals surface area contributed by atoms with Gasteiger partial charge < -0.3 is 9.42 Å². The summed E-state index contributed by atoms with van der Waals surface area (Å²) in [6, 6.07) is 0.138. The third-order valence-corrected chi connectivity index (χ3v) is 4.93. The molecule has 1 unspecified atom stereocenters. The number of aryl methyl sites for hydroxylation is 1. The van der Waals surface area contributed by atoms with Gasteiger partial charge in [0.05, 0.1) is 12.6 Å². The number of rotatable bonds is 5. The topological polar surface area (TPSA) is 65.7 Å². The molecule has 2 aliphatic heterocycles. The molecule has 3 rings (SSSR count). The second kappa shape index (κ2) is 7.40. The van der Waals surface area contributed by atoms with Crippen LogP contribution in [-0.4, -0.2) is 76.6 Å². The lowest BCUT2D eigenvalue weighted by Crippen LogP contribution is -2.50. The fourth-order valence-electron chi connectivity index (χ4n) is 3.30. The molecular weight excluding hydrogens is 294 g/mol. The third-order valence-electron chi connectivity index (χ3n) is 4.93. The molecule has 3 heterocycles. The number of hydrogen-bond acceptors (Lipinski definition) is 6. The Balaban J connectivity index is 1.46. The lowest BCUT2D eigenvalue weighted by atomic mass is 10.2. The lowest BCUT2D eigenvalue weighted by Gasteiger charge is -2.36. The third kappa shape index (κ3) is 3.90. The molecule has 0 radical (unpaired) electrons. The summed E-state index contributed by atoms with van der Waals surface area (Å²) in [6.45, 7) is 10.3. The number of amides is 1. The Kier molecular flexibility index (Phi) is 5.27. The van der Waals surface area contributed by atoms with E-state index >= 15 is 0 Å². The molecule has 0 aromatic carbocycles. The van der Waals surface area contributed by atoms with Gasteiger partial charge in [-0.1, -0.05) is 12.1 Å². The Morgan fingerprint density at radius 1 is 1.17 bits per heavy atom. The average Bonchev–Trinajstić information content (AvgIpc) is 3.26. The van der Waals surface area contributed by atoms with E-state index in [2.05, 4.69) is 26.9 Å². The van der Waals surface area contributed by atoms with E-state index in [1.54, 1.807) is 0 Å². The van der Waals surface area contributed by atoms with Crippen LogP contribution in [0, 0.1) is 0 Å². The molecular formula is C16H27N5O2. The van der Waals surface area contributed by atoms with Crippen LogP contribution in [0.5, 0.6) is 0 Å². The van der Waals surface area contributed by atoms with E-state index in [9.17, 15) is 4.79 Å². The first-order valence-corrected chi connectivity index (χ1v) is 8.74.